The molecule has 2 nitrogen and oxygen atoms in total. The minimum absolute atomic E-state index is 0.211. The summed E-state index contributed by atoms with van der Waals surface area (Å²) in [5.74, 6) is -2.01. The van der Waals surface area contributed by atoms with Crippen molar-refractivity contribution in [2.24, 2.45) is 0 Å². The monoisotopic (exact) mass is 275 g/mol. The highest BCUT2D eigenvalue weighted by Gasteiger charge is 2.34. The molecule has 104 valence electrons. The minimum Gasteiger partial charge on any atom is -0.338 e. The molecule has 0 heterocycles. The first-order chi connectivity index (χ1) is 8.62. The van der Waals surface area contributed by atoms with Crippen molar-refractivity contribution in [2.75, 3.05) is 13.6 Å². The fourth-order valence-corrected chi connectivity index (χ4v) is 1.57. The molecule has 0 atom stereocenters. The van der Waals surface area contributed by atoms with E-state index < -0.39 is 23.5 Å². The van der Waals surface area contributed by atoms with Crippen molar-refractivity contribution < 1.29 is 22.4 Å². The predicted octanol–water partition coefficient (Wildman–Crippen LogP) is 3.49. The molecule has 0 bridgehead atoms. The second-order valence-electron chi connectivity index (χ2n) is 4.31. The lowest BCUT2D eigenvalue weighted by Crippen LogP contribution is -2.28. The van der Waals surface area contributed by atoms with E-state index in [-0.39, 0.29) is 12.1 Å². The highest BCUT2D eigenvalue weighted by molar-refractivity contribution is 5.94. The van der Waals surface area contributed by atoms with Gasteiger partial charge in [0.05, 0.1) is 5.56 Å². The van der Waals surface area contributed by atoms with Crippen molar-refractivity contribution >= 4 is 5.91 Å². The maximum atomic E-state index is 13.1. The summed E-state index contributed by atoms with van der Waals surface area (Å²) in [5, 5.41) is 0. The van der Waals surface area contributed by atoms with Crippen molar-refractivity contribution in [1.82, 2.24) is 4.90 Å². The van der Waals surface area contributed by atoms with Gasteiger partial charge in [0.2, 0.25) is 0 Å². The maximum Gasteiger partial charge on any atom is 0.419 e. The third kappa shape index (κ3) is 3.81. The van der Waals surface area contributed by atoms with Crippen molar-refractivity contribution in [1.29, 1.82) is 0 Å². The molecule has 0 saturated heterocycles. The Morgan fingerprint density at radius 1 is 1.37 bits per heavy atom. The van der Waals surface area contributed by atoms with Gasteiger partial charge < -0.3 is 4.90 Å². The Hall–Kier alpha value is -1.85. The van der Waals surface area contributed by atoms with E-state index in [9.17, 15) is 22.4 Å². The van der Waals surface area contributed by atoms with E-state index in [1.54, 1.807) is 6.92 Å². The molecule has 1 amide bonds. The Morgan fingerprint density at radius 3 is 2.42 bits per heavy atom. The molecule has 0 aliphatic carbocycles. The van der Waals surface area contributed by atoms with Gasteiger partial charge in [-0.15, -0.1) is 0 Å². The van der Waals surface area contributed by atoms with Crippen LogP contribution in [0.15, 0.2) is 30.4 Å². The van der Waals surface area contributed by atoms with Crippen molar-refractivity contribution in [3.63, 3.8) is 0 Å². The molecule has 19 heavy (non-hydrogen) atoms. The summed E-state index contributed by atoms with van der Waals surface area (Å²) in [7, 11) is 1.44. The van der Waals surface area contributed by atoms with Gasteiger partial charge in [0.15, 0.2) is 0 Å². The van der Waals surface area contributed by atoms with Crippen LogP contribution in [0.25, 0.3) is 0 Å². The van der Waals surface area contributed by atoms with Crippen molar-refractivity contribution in [3.8, 4) is 0 Å². The van der Waals surface area contributed by atoms with Crippen LogP contribution in [0.1, 0.15) is 22.8 Å². The number of halogens is 4. The van der Waals surface area contributed by atoms with Gasteiger partial charge in [-0.2, -0.15) is 13.2 Å². The Morgan fingerprint density at radius 2 is 1.95 bits per heavy atom. The Balaban J connectivity index is 3.09. The van der Waals surface area contributed by atoms with E-state index in [4.69, 9.17) is 0 Å². The van der Waals surface area contributed by atoms with E-state index in [0.29, 0.717) is 17.7 Å². The van der Waals surface area contributed by atoms with Gasteiger partial charge in [0.25, 0.3) is 5.91 Å². The maximum absolute atomic E-state index is 13.1. The van der Waals surface area contributed by atoms with Gasteiger partial charge in [-0.1, -0.05) is 12.2 Å². The van der Waals surface area contributed by atoms with Gasteiger partial charge in [0.1, 0.15) is 5.82 Å². The summed E-state index contributed by atoms with van der Waals surface area (Å²) in [4.78, 5) is 13.1. The van der Waals surface area contributed by atoms with Crippen molar-refractivity contribution in [3.05, 3.63) is 47.3 Å². The topological polar surface area (TPSA) is 20.3 Å². The lowest BCUT2D eigenvalue weighted by atomic mass is 10.1. The lowest BCUT2D eigenvalue weighted by molar-refractivity contribution is -0.140. The third-order valence-electron chi connectivity index (χ3n) is 2.37. The highest BCUT2D eigenvalue weighted by atomic mass is 19.4. The molecule has 6 heteroatoms. The number of nitrogens with zero attached hydrogens (tertiary/aromatic N) is 1. The molecule has 0 saturated carbocycles. The number of hydrogen-bond acceptors (Lipinski definition) is 1. The highest BCUT2D eigenvalue weighted by Crippen LogP contribution is 2.32. The molecule has 0 radical (unpaired) electrons. The molecule has 1 aromatic carbocycles. The minimum atomic E-state index is -4.83. The number of hydrogen-bond donors (Lipinski definition) is 0. The number of benzene rings is 1. The van der Waals surface area contributed by atoms with E-state index in [1.807, 2.05) is 0 Å². The molecule has 0 unspecified atom stereocenters. The van der Waals surface area contributed by atoms with Crippen LogP contribution in [-0.4, -0.2) is 24.4 Å². The smallest absolute Gasteiger partial charge is 0.338 e. The summed E-state index contributed by atoms with van der Waals surface area (Å²) >= 11 is 0. The molecule has 0 aliphatic rings. The Bertz CT molecular complexity index is 508. The van der Waals surface area contributed by atoms with Crippen LogP contribution >= 0.6 is 0 Å². The first-order valence-corrected chi connectivity index (χ1v) is 5.39. The normalized spacial score (nSPS) is 11.3. The second kappa shape index (κ2) is 5.42. The van der Waals surface area contributed by atoms with E-state index in [2.05, 4.69) is 6.58 Å². The van der Waals surface area contributed by atoms with Gasteiger partial charge in [-0.3, -0.25) is 4.79 Å². The first kappa shape index (κ1) is 15.2. The third-order valence-corrected chi connectivity index (χ3v) is 2.37. The van der Waals surface area contributed by atoms with Crippen LogP contribution < -0.4 is 0 Å². The van der Waals surface area contributed by atoms with E-state index in [1.165, 1.54) is 11.9 Å². The molecule has 0 fully saturated rings. The quantitative estimate of drug-likeness (QED) is 0.611. The number of amides is 1. The lowest BCUT2D eigenvalue weighted by Gasteiger charge is -2.18. The Kier molecular flexibility index (Phi) is 4.34. The van der Waals surface area contributed by atoms with Crippen molar-refractivity contribution in [2.45, 2.75) is 13.1 Å². The van der Waals surface area contributed by atoms with Crippen LogP contribution in [0.3, 0.4) is 0 Å². The first-order valence-electron chi connectivity index (χ1n) is 5.39. The number of carbonyl (C=O) groups is 1. The molecule has 0 aliphatic heterocycles. The number of alkyl halides is 3. The summed E-state index contributed by atoms with van der Waals surface area (Å²) in [6.45, 7) is 5.52. The van der Waals surface area contributed by atoms with Crippen LogP contribution in [0.2, 0.25) is 0 Å². The van der Waals surface area contributed by atoms with Gasteiger partial charge >= 0.3 is 6.18 Å². The molecule has 0 aromatic heterocycles. The summed E-state index contributed by atoms with van der Waals surface area (Å²) in [5.41, 5.74) is -0.964. The second-order valence-corrected chi connectivity index (χ2v) is 4.31. The summed E-state index contributed by atoms with van der Waals surface area (Å²) in [6, 6.07) is 2.19. The zero-order valence-corrected chi connectivity index (χ0v) is 10.5. The van der Waals surface area contributed by atoms with E-state index >= 15 is 0 Å². The molecule has 0 N–H and O–H groups in total. The molecule has 1 rings (SSSR count). The molecule has 1 aromatic rings. The molecular formula is C13H13F4NO. The van der Waals surface area contributed by atoms with Gasteiger partial charge in [-0.25, -0.2) is 4.39 Å². The largest absolute Gasteiger partial charge is 0.419 e. The van der Waals surface area contributed by atoms with Crippen LogP contribution in [0.4, 0.5) is 17.6 Å². The van der Waals surface area contributed by atoms with Crippen LogP contribution in [-0.2, 0) is 6.18 Å². The van der Waals surface area contributed by atoms with E-state index in [0.717, 1.165) is 6.07 Å². The average Bonchev–Trinajstić information content (AvgIpc) is 2.26. The predicted molar refractivity (Wildman–Crippen MR) is 63.2 cm³/mol. The number of likely N-dealkylation sites (N-methyl/N-ethyl adjacent to an activating group) is 1. The van der Waals surface area contributed by atoms with Gasteiger partial charge in [-0.05, 0) is 25.1 Å². The van der Waals surface area contributed by atoms with Gasteiger partial charge in [0, 0.05) is 19.2 Å². The fourth-order valence-electron chi connectivity index (χ4n) is 1.57. The van der Waals surface area contributed by atoms with Crippen LogP contribution in [0, 0.1) is 5.82 Å². The number of rotatable bonds is 3. The zero-order valence-electron chi connectivity index (χ0n) is 10.5. The zero-order chi connectivity index (χ0) is 14.8. The van der Waals surface area contributed by atoms with Crippen LogP contribution in [0.5, 0.6) is 0 Å². The molecule has 0 spiro atoms. The SMILES string of the molecule is C=C(C)CN(C)C(=O)c1ccc(F)c(C(F)(F)F)c1. The standard InChI is InChI=1S/C13H13F4NO/c1-8(2)7-18(3)12(19)9-4-5-11(14)10(6-9)13(15,16)17/h4-6H,1,7H2,2-3H3. The average molecular weight is 275 g/mol. The summed E-state index contributed by atoms with van der Waals surface area (Å²) in [6.07, 6.45) is -4.83. The number of carbonyl (C=O) groups excluding carboxylic acids is 1. The Labute approximate surface area is 108 Å². The summed E-state index contributed by atoms with van der Waals surface area (Å²) < 4.78 is 50.7. The fraction of sp³-hybridized carbons (Fsp3) is 0.308. The molecular weight excluding hydrogens is 262 g/mol.